The number of hydrogen-bond donors (Lipinski definition) is 2. The van der Waals surface area contributed by atoms with Gasteiger partial charge in [-0.25, -0.2) is 9.97 Å². The van der Waals surface area contributed by atoms with Crippen LogP contribution in [0.5, 0.6) is 0 Å². The molecular weight excluding hydrogens is 395 g/mol. The summed E-state index contributed by atoms with van der Waals surface area (Å²) in [5.74, 6) is 1.97. The second kappa shape index (κ2) is 8.89. The van der Waals surface area contributed by atoms with E-state index in [9.17, 15) is 18.0 Å². The van der Waals surface area contributed by atoms with Crippen LogP contribution in [0.4, 0.5) is 24.8 Å². The molecule has 0 saturated heterocycles. The van der Waals surface area contributed by atoms with Crippen molar-refractivity contribution in [2.45, 2.75) is 50.9 Å². The number of anilines is 2. The Morgan fingerprint density at radius 2 is 1.63 bits per heavy atom. The van der Waals surface area contributed by atoms with E-state index in [1.165, 1.54) is 12.1 Å². The summed E-state index contributed by atoms with van der Waals surface area (Å²) in [5.41, 5.74) is -0.529. The van der Waals surface area contributed by atoms with E-state index in [2.05, 4.69) is 20.6 Å². The first-order chi connectivity index (χ1) is 14.1. The highest BCUT2D eigenvalue weighted by Crippen LogP contribution is 2.29. The molecule has 0 atom stereocenters. The minimum Gasteiger partial charge on any atom is -0.367 e. The Bertz CT molecular complexity index is 875. The molecule has 2 N–H and O–H groups in total. The molecule has 1 aliphatic carbocycles. The number of carbonyl (C=O) groups excluding carboxylic acids is 1. The zero-order chi connectivity index (χ0) is 21.9. The smallest absolute Gasteiger partial charge is 0.367 e. The largest absolute Gasteiger partial charge is 0.416 e. The van der Waals surface area contributed by atoms with Crippen LogP contribution in [-0.4, -0.2) is 42.1 Å². The highest BCUT2D eigenvalue weighted by molar-refractivity contribution is 5.94. The van der Waals surface area contributed by atoms with Crippen LogP contribution in [0.1, 0.15) is 47.4 Å². The van der Waals surface area contributed by atoms with Crippen molar-refractivity contribution in [1.29, 1.82) is 0 Å². The Hall–Kier alpha value is -2.84. The molecule has 0 aliphatic heterocycles. The summed E-state index contributed by atoms with van der Waals surface area (Å²) in [4.78, 5) is 23.1. The summed E-state index contributed by atoms with van der Waals surface area (Å²) < 4.78 is 38.0. The Kier molecular flexibility index (Phi) is 6.48. The fourth-order valence-electron chi connectivity index (χ4n) is 3.53. The Morgan fingerprint density at radius 1 is 1.03 bits per heavy atom. The molecule has 1 aromatic heterocycles. The molecule has 0 bridgehead atoms. The van der Waals surface area contributed by atoms with Gasteiger partial charge >= 0.3 is 6.18 Å². The van der Waals surface area contributed by atoms with Crippen LogP contribution in [0.15, 0.2) is 30.3 Å². The lowest BCUT2D eigenvalue weighted by Gasteiger charge is -2.30. The van der Waals surface area contributed by atoms with E-state index in [1.807, 2.05) is 32.0 Å². The topological polar surface area (TPSA) is 70.2 Å². The monoisotopic (exact) mass is 421 g/mol. The van der Waals surface area contributed by atoms with E-state index in [4.69, 9.17) is 0 Å². The van der Waals surface area contributed by atoms with Gasteiger partial charge in [0, 0.05) is 37.8 Å². The van der Waals surface area contributed by atoms with Crippen LogP contribution in [-0.2, 0) is 6.18 Å². The number of alkyl halides is 3. The second-order valence-corrected chi connectivity index (χ2v) is 7.79. The summed E-state index contributed by atoms with van der Waals surface area (Å²) in [6.07, 6.45) is -1.12. The lowest BCUT2D eigenvalue weighted by atomic mass is 9.91. The lowest BCUT2D eigenvalue weighted by molar-refractivity contribution is -0.137. The fourth-order valence-corrected chi connectivity index (χ4v) is 3.53. The summed E-state index contributed by atoms with van der Waals surface area (Å²) in [6, 6.07) is 6.45. The maximum atomic E-state index is 12.7. The number of carbonyl (C=O) groups is 1. The average molecular weight is 421 g/mol. The third-order valence-electron chi connectivity index (χ3n) is 5.17. The van der Waals surface area contributed by atoms with Gasteiger partial charge in [-0.3, -0.25) is 4.79 Å². The molecule has 3 rings (SSSR count). The molecule has 162 valence electrons. The number of hydrogen-bond acceptors (Lipinski definition) is 5. The van der Waals surface area contributed by atoms with E-state index >= 15 is 0 Å². The standard InChI is InChI=1S/C21H26F3N5O/c1-13-25-18(12-19(26-13)29(2)3)27-16-8-10-17(11-9-16)28-20(30)14-4-6-15(7-5-14)21(22,23)24/h4-7,12,16-17H,8-11H2,1-3H3,(H,28,30)(H,25,26,27)/t16-,17+. The maximum absolute atomic E-state index is 12.7. The number of rotatable bonds is 5. The van der Waals surface area contributed by atoms with Crippen LogP contribution < -0.4 is 15.5 Å². The Labute approximate surface area is 173 Å². The first-order valence-corrected chi connectivity index (χ1v) is 9.89. The lowest BCUT2D eigenvalue weighted by Crippen LogP contribution is -2.40. The van der Waals surface area contributed by atoms with Gasteiger partial charge < -0.3 is 15.5 Å². The number of amides is 1. The van der Waals surface area contributed by atoms with E-state index in [-0.39, 0.29) is 23.6 Å². The van der Waals surface area contributed by atoms with Crippen molar-refractivity contribution in [1.82, 2.24) is 15.3 Å². The van der Waals surface area contributed by atoms with Gasteiger partial charge in [-0.05, 0) is 56.9 Å². The van der Waals surface area contributed by atoms with Gasteiger partial charge in [-0.1, -0.05) is 0 Å². The molecule has 0 spiro atoms. The van der Waals surface area contributed by atoms with E-state index < -0.39 is 11.7 Å². The minimum absolute atomic E-state index is 0.00214. The summed E-state index contributed by atoms with van der Waals surface area (Å²) >= 11 is 0. The van der Waals surface area contributed by atoms with Crippen molar-refractivity contribution >= 4 is 17.5 Å². The molecule has 1 aromatic carbocycles. The molecular formula is C21H26F3N5O. The van der Waals surface area contributed by atoms with Gasteiger partial charge in [0.05, 0.1) is 5.56 Å². The number of benzene rings is 1. The molecule has 30 heavy (non-hydrogen) atoms. The highest BCUT2D eigenvalue weighted by Gasteiger charge is 2.30. The highest BCUT2D eigenvalue weighted by atomic mass is 19.4. The molecule has 0 unspecified atom stereocenters. The maximum Gasteiger partial charge on any atom is 0.416 e. The Morgan fingerprint density at radius 3 is 2.20 bits per heavy atom. The SMILES string of the molecule is Cc1nc(N[C@H]2CC[C@@H](NC(=O)c3ccc(C(F)(F)F)cc3)CC2)cc(N(C)C)n1. The minimum atomic E-state index is -4.41. The van der Waals surface area contributed by atoms with Crippen molar-refractivity contribution in [3.05, 3.63) is 47.3 Å². The summed E-state index contributed by atoms with van der Waals surface area (Å²) in [7, 11) is 3.85. The molecule has 1 saturated carbocycles. The normalized spacial score (nSPS) is 19.3. The number of nitrogens with one attached hydrogen (secondary N) is 2. The average Bonchev–Trinajstić information content (AvgIpc) is 2.68. The number of aryl methyl sites for hydroxylation is 1. The number of nitrogens with zero attached hydrogens (tertiary/aromatic N) is 3. The number of halogens is 3. The van der Waals surface area contributed by atoms with E-state index in [0.717, 1.165) is 49.5 Å². The molecule has 2 aromatic rings. The van der Waals surface area contributed by atoms with Gasteiger partial charge in [-0.15, -0.1) is 0 Å². The van der Waals surface area contributed by atoms with Crippen molar-refractivity contribution in [2.24, 2.45) is 0 Å². The zero-order valence-electron chi connectivity index (χ0n) is 17.3. The van der Waals surface area contributed by atoms with Crippen LogP contribution >= 0.6 is 0 Å². The molecule has 9 heteroatoms. The quantitative estimate of drug-likeness (QED) is 0.763. The Balaban J connectivity index is 1.51. The predicted molar refractivity (Wildman–Crippen MR) is 110 cm³/mol. The van der Waals surface area contributed by atoms with Crippen LogP contribution in [0.3, 0.4) is 0 Å². The van der Waals surface area contributed by atoms with Crippen molar-refractivity contribution in [3.63, 3.8) is 0 Å². The fraction of sp³-hybridized carbons (Fsp3) is 0.476. The van der Waals surface area contributed by atoms with Gasteiger partial charge in [0.2, 0.25) is 0 Å². The first-order valence-electron chi connectivity index (χ1n) is 9.89. The third kappa shape index (κ3) is 5.61. The van der Waals surface area contributed by atoms with E-state index in [1.54, 1.807) is 0 Å². The molecule has 6 nitrogen and oxygen atoms in total. The molecule has 1 aliphatic rings. The van der Waals surface area contributed by atoms with Crippen LogP contribution in [0.2, 0.25) is 0 Å². The summed E-state index contributed by atoms with van der Waals surface area (Å²) in [5, 5.41) is 6.38. The van der Waals surface area contributed by atoms with Crippen LogP contribution in [0, 0.1) is 6.92 Å². The van der Waals surface area contributed by atoms with Gasteiger partial charge in [0.15, 0.2) is 0 Å². The van der Waals surface area contributed by atoms with Crippen molar-refractivity contribution in [3.8, 4) is 0 Å². The van der Waals surface area contributed by atoms with Crippen molar-refractivity contribution < 1.29 is 18.0 Å². The van der Waals surface area contributed by atoms with Gasteiger partial charge in [0.1, 0.15) is 17.5 Å². The predicted octanol–water partition coefficient (Wildman–Crippen LogP) is 4.02. The van der Waals surface area contributed by atoms with Crippen LogP contribution in [0.25, 0.3) is 0 Å². The second-order valence-electron chi connectivity index (χ2n) is 7.79. The molecule has 1 amide bonds. The summed E-state index contributed by atoms with van der Waals surface area (Å²) in [6.45, 7) is 1.85. The molecule has 1 heterocycles. The number of aromatic nitrogens is 2. The zero-order valence-corrected chi connectivity index (χ0v) is 17.3. The van der Waals surface area contributed by atoms with E-state index in [0.29, 0.717) is 5.82 Å². The van der Waals surface area contributed by atoms with Gasteiger partial charge in [-0.2, -0.15) is 13.2 Å². The molecule has 0 radical (unpaired) electrons. The third-order valence-corrected chi connectivity index (χ3v) is 5.17. The first kappa shape index (κ1) is 21.9. The molecule has 1 fully saturated rings. The van der Waals surface area contributed by atoms with Gasteiger partial charge in [0.25, 0.3) is 5.91 Å². The van der Waals surface area contributed by atoms with Crippen molar-refractivity contribution in [2.75, 3.05) is 24.3 Å².